The fraction of sp³-hybridized carbons (Fsp3) is 0.606. The van der Waals surface area contributed by atoms with Gasteiger partial charge in [0.2, 0.25) is 0 Å². The Kier molecular flexibility index (Phi) is 9.25. The topological polar surface area (TPSA) is 97.2 Å². The van der Waals surface area contributed by atoms with Gasteiger partial charge in [0.15, 0.2) is 0 Å². The molecule has 0 radical (unpaired) electrons. The van der Waals surface area contributed by atoms with Crippen molar-refractivity contribution in [3.05, 3.63) is 63.5 Å². The number of aryl methyl sites for hydroxylation is 1. The first-order chi connectivity index (χ1) is 21.5. The van der Waals surface area contributed by atoms with Crippen LogP contribution in [-0.4, -0.2) is 59.0 Å². The second-order valence-corrected chi connectivity index (χ2v) is 15.3. The standard InChI is InChI=1S/C33H42F3N5O3S/c1-22-25-8-7-9-28(29(25)34)33(35,36)24-10-16-40(17-11-24)14-5-3-2-4-6-15-41-31-27(30(39-22)37-21-38-31)20-26(32(41)42)23-12-18-45(43,44)19-13-23/h7-9,20-24H,2-6,10-19H2,1H3,(H,37,38,39)/t22-/m1/s1. The molecule has 0 amide bonds. The maximum Gasteiger partial charge on any atom is 0.278 e. The summed E-state index contributed by atoms with van der Waals surface area (Å²) in [5.74, 6) is -4.95. The molecule has 0 aliphatic carbocycles. The van der Waals surface area contributed by atoms with Crippen molar-refractivity contribution in [2.45, 2.75) is 89.1 Å². The highest BCUT2D eigenvalue weighted by Gasteiger charge is 2.45. The van der Waals surface area contributed by atoms with Gasteiger partial charge in [0.1, 0.15) is 33.4 Å². The van der Waals surface area contributed by atoms with Gasteiger partial charge < -0.3 is 10.2 Å². The van der Waals surface area contributed by atoms with E-state index in [-0.39, 0.29) is 28.5 Å². The van der Waals surface area contributed by atoms with Gasteiger partial charge in [-0.2, -0.15) is 0 Å². The van der Waals surface area contributed by atoms with Crippen molar-refractivity contribution in [3.8, 4) is 0 Å². The van der Waals surface area contributed by atoms with Crippen molar-refractivity contribution < 1.29 is 21.6 Å². The molecule has 12 heteroatoms. The Morgan fingerprint density at radius 3 is 2.33 bits per heavy atom. The number of rotatable bonds is 1. The van der Waals surface area contributed by atoms with E-state index in [1.165, 1.54) is 24.5 Å². The van der Waals surface area contributed by atoms with Crippen LogP contribution in [0.2, 0.25) is 0 Å². The van der Waals surface area contributed by atoms with E-state index in [1.54, 1.807) is 17.6 Å². The zero-order valence-electron chi connectivity index (χ0n) is 25.8. The Hall–Kier alpha value is -2.99. The molecule has 0 spiro atoms. The molecular formula is C33H42F3N5O3S. The van der Waals surface area contributed by atoms with Crippen molar-refractivity contribution in [1.29, 1.82) is 0 Å². The predicted molar refractivity (Wildman–Crippen MR) is 169 cm³/mol. The molecule has 1 aromatic carbocycles. The number of nitrogens with one attached hydrogen (secondary N) is 1. The summed E-state index contributed by atoms with van der Waals surface area (Å²) in [6, 6.07) is 5.21. The highest BCUT2D eigenvalue weighted by Crippen LogP contribution is 2.44. The fourth-order valence-corrected chi connectivity index (χ4v) is 8.81. The number of nitrogens with zero attached hydrogens (tertiary/aromatic N) is 4. The lowest BCUT2D eigenvalue weighted by Gasteiger charge is -2.36. The van der Waals surface area contributed by atoms with Crippen molar-refractivity contribution in [2.24, 2.45) is 5.92 Å². The first kappa shape index (κ1) is 32.0. The minimum atomic E-state index is -3.30. The number of benzene rings is 1. The molecule has 0 saturated carbocycles. The number of hydrogen-bond donors (Lipinski definition) is 1. The van der Waals surface area contributed by atoms with Crippen LogP contribution in [-0.2, 0) is 22.3 Å². The molecule has 1 atom stereocenters. The molecule has 2 saturated heterocycles. The van der Waals surface area contributed by atoms with Gasteiger partial charge in [-0.1, -0.05) is 37.5 Å². The first-order valence-corrected chi connectivity index (χ1v) is 18.1. The van der Waals surface area contributed by atoms with Gasteiger partial charge in [0.05, 0.1) is 28.5 Å². The molecule has 8 nitrogen and oxygen atoms in total. The maximum absolute atomic E-state index is 16.0. The number of pyridine rings is 1. The Morgan fingerprint density at radius 1 is 0.911 bits per heavy atom. The summed E-state index contributed by atoms with van der Waals surface area (Å²) in [5, 5.41) is 3.79. The van der Waals surface area contributed by atoms with Crippen LogP contribution >= 0.6 is 0 Å². The minimum Gasteiger partial charge on any atom is -0.363 e. The van der Waals surface area contributed by atoms with Gasteiger partial charge in [0, 0.05) is 23.6 Å². The molecule has 6 heterocycles. The summed E-state index contributed by atoms with van der Waals surface area (Å²) in [6.45, 7) is 4.17. The molecule has 7 rings (SSSR count). The molecule has 2 aromatic heterocycles. The Morgan fingerprint density at radius 2 is 1.60 bits per heavy atom. The largest absolute Gasteiger partial charge is 0.363 e. The average Bonchev–Trinajstić information content (AvgIpc) is 3.01. The molecule has 4 aliphatic heterocycles. The number of sulfone groups is 1. The lowest BCUT2D eigenvalue weighted by Crippen LogP contribution is -2.40. The van der Waals surface area contributed by atoms with Gasteiger partial charge >= 0.3 is 0 Å². The summed E-state index contributed by atoms with van der Waals surface area (Å²) in [6.07, 6.45) is 7.40. The normalized spacial score (nSPS) is 26.3. The molecular weight excluding hydrogens is 603 g/mol. The third-order valence-electron chi connectivity index (χ3n) is 10.1. The molecule has 3 aromatic rings. The number of fused-ring (bicyclic) bond motifs is 9. The van der Waals surface area contributed by atoms with Crippen LogP contribution in [0.1, 0.15) is 93.4 Å². The van der Waals surface area contributed by atoms with E-state index in [9.17, 15) is 13.2 Å². The van der Waals surface area contributed by atoms with Crippen LogP contribution in [0.15, 0.2) is 35.4 Å². The quantitative estimate of drug-likeness (QED) is 0.339. The van der Waals surface area contributed by atoms with Gasteiger partial charge in [-0.05, 0) is 77.1 Å². The summed E-state index contributed by atoms with van der Waals surface area (Å²) < 4.78 is 73.6. The molecule has 0 unspecified atom stereocenters. The highest BCUT2D eigenvalue weighted by molar-refractivity contribution is 7.91. The first-order valence-electron chi connectivity index (χ1n) is 16.3. The summed E-state index contributed by atoms with van der Waals surface area (Å²) in [4.78, 5) is 25.0. The Balaban J connectivity index is 1.41. The number of piperidine rings is 1. The summed E-state index contributed by atoms with van der Waals surface area (Å²) in [5.41, 5.74) is 0.321. The van der Waals surface area contributed by atoms with Crippen LogP contribution in [0.3, 0.4) is 0 Å². The van der Waals surface area contributed by atoms with E-state index in [1.807, 2.05) is 0 Å². The second kappa shape index (κ2) is 13.0. The van der Waals surface area contributed by atoms with E-state index >= 15 is 13.2 Å². The van der Waals surface area contributed by atoms with Crippen molar-refractivity contribution in [3.63, 3.8) is 0 Å². The number of hydrogen-bond acceptors (Lipinski definition) is 7. The average molecular weight is 646 g/mol. The van der Waals surface area contributed by atoms with Crippen LogP contribution in [0.5, 0.6) is 0 Å². The van der Waals surface area contributed by atoms with Gasteiger partial charge in [-0.25, -0.2) is 31.6 Å². The lowest BCUT2D eigenvalue weighted by molar-refractivity contribution is -0.0880. The summed E-state index contributed by atoms with van der Waals surface area (Å²) in [7, 11) is -3.13. The molecule has 244 valence electrons. The van der Waals surface area contributed by atoms with Crippen molar-refractivity contribution in [1.82, 2.24) is 19.4 Å². The molecule has 1 N–H and O–H groups in total. The predicted octanol–water partition coefficient (Wildman–Crippen LogP) is 6.16. The van der Waals surface area contributed by atoms with Crippen LogP contribution in [0, 0.1) is 11.7 Å². The van der Waals surface area contributed by atoms with E-state index in [2.05, 4.69) is 20.2 Å². The SMILES string of the molecule is C[C@H]1Nc2ncnc3c2cc(C2CCS(=O)(=O)CC2)c(=O)n3CCCCCCCN2CCC(CC2)C(F)(F)c2cccc1c2F. The molecule has 45 heavy (non-hydrogen) atoms. The molecule has 2 fully saturated rings. The Labute approximate surface area is 262 Å². The van der Waals surface area contributed by atoms with E-state index in [0.717, 1.165) is 38.6 Å². The monoisotopic (exact) mass is 645 g/mol. The van der Waals surface area contributed by atoms with Crippen LogP contribution < -0.4 is 10.9 Å². The van der Waals surface area contributed by atoms with Gasteiger partial charge in [-0.15, -0.1) is 0 Å². The van der Waals surface area contributed by atoms with Gasteiger partial charge in [0.25, 0.3) is 11.5 Å². The van der Waals surface area contributed by atoms with Crippen LogP contribution in [0.4, 0.5) is 19.0 Å². The fourth-order valence-electron chi connectivity index (χ4n) is 7.32. The van der Waals surface area contributed by atoms with Crippen molar-refractivity contribution in [2.75, 3.05) is 36.5 Å². The van der Waals surface area contributed by atoms with Gasteiger partial charge in [-0.3, -0.25) is 9.36 Å². The lowest BCUT2D eigenvalue weighted by atomic mass is 9.85. The van der Waals surface area contributed by atoms with E-state index < -0.39 is 39.1 Å². The summed E-state index contributed by atoms with van der Waals surface area (Å²) >= 11 is 0. The maximum atomic E-state index is 16.0. The second-order valence-electron chi connectivity index (χ2n) is 13.0. The zero-order chi connectivity index (χ0) is 31.8. The zero-order valence-corrected chi connectivity index (χ0v) is 26.6. The Bertz CT molecular complexity index is 1690. The smallest absolute Gasteiger partial charge is 0.278 e. The minimum absolute atomic E-state index is 0.0289. The highest BCUT2D eigenvalue weighted by atomic mass is 32.2. The third-order valence-corrected chi connectivity index (χ3v) is 11.8. The van der Waals surface area contributed by atoms with E-state index in [0.29, 0.717) is 67.7 Å². The molecule has 8 bridgehead atoms. The number of halogens is 3. The number of anilines is 1. The number of aromatic nitrogens is 3. The van der Waals surface area contributed by atoms with E-state index in [4.69, 9.17) is 0 Å². The third kappa shape index (κ3) is 6.63. The van der Waals surface area contributed by atoms with Crippen LogP contribution in [0.25, 0.3) is 11.0 Å². The molecule has 4 aliphatic rings. The van der Waals surface area contributed by atoms with Crippen molar-refractivity contribution >= 4 is 26.7 Å². The number of alkyl halides is 2.